The third-order valence-electron chi connectivity index (χ3n) is 1.86. The fourth-order valence-electron chi connectivity index (χ4n) is 1.07. The van der Waals surface area contributed by atoms with Crippen molar-refractivity contribution in [3.8, 4) is 0 Å². The van der Waals surface area contributed by atoms with Gasteiger partial charge in [-0.2, -0.15) is 18.3 Å². The van der Waals surface area contributed by atoms with Gasteiger partial charge in [-0.15, -0.1) is 0 Å². The Labute approximate surface area is 88.4 Å². The highest BCUT2D eigenvalue weighted by Crippen LogP contribution is 2.29. The van der Waals surface area contributed by atoms with Crippen molar-refractivity contribution >= 4 is 5.97 Å². The summed E-state index contributed by atoms with van der Waals surface area (Å²) in [6.45, 7) is -0.256. The van der Waals surface area contributed by atoms with E-state index in [2.05, 4.69) is 9.84 Å². The van der Waals surface area contributed by atoms with Crippen molar-refractivity contribution in [1.82, 2.24) is 9.78 Å². The molecule has 1 aromatic rings. The van der Waals surface area contributed by atoms with Gasteiger partial charge in [0.15, 0.2) is 6.04 Å². The van der Waals surface area contributed by atoms with E-state index in [1.807, 2.05) is 0 Å². The number of carbonyl (C=O) groups is 1. The van der Waals surface area contributed by atoms with Gasteiger partial charge in [0.25, 0.3) is 0 Å². The third kappa shape index (κ3) is 2.72. The third-order valence-corrected chi connectivity index (χ3v) is 1.86. The van der Waals surface area contributed by atoms with Crippen molar-refractivity contribution in [3.05, 3.63) is 18.0 Å². The molecule has 1 N–H and O–H groups in total. The molecular weight excluding hydrogens is 229 g/mol. The molecule has 0 aromatic carbocycles. The molecule has 0 spiro atoms. The van der Waals surface area contributed by atoms with E-state index in [9.17, 15) is 18.0 Å². The summed E-state index contributed by atoms with van der Waals surface area (Å²) in [5.41, 5.74) is -0.991. The Hall–Kier alpha value is -1.57. The molecule has 1 rings (SSSR count). The van der Waals surface area contributed by atoms with Gasteiger partial charge in [-0.3, -0.25) is 4.68 Å². The van der Waals surface area contributed by atoms with Gasteiger partial charge < -0.3 is 9.84 Å². The average Bonchev–Trinajstić information content (AvgIpc) is 2.61. The van der Waals surface area contributed by atoms with Crippen LogP contribution < -0.4 is 0 Å². The Kier molecular flexibility index (Phi) is 3.53. The van der Waals surface area contributed by atoms with Gasteiger partial charge in [-0.05, 0) is 0 Å². The van der Waals surface area contributed by atoms with E-state index < -0.39 is 23.8 Å². The lowest BCUT2D eigenvalue weighted by molar-refractivity contribution is -0.143. The molecule has 0 amide bonds. The van der Waals surface area contributed by atoms with Gasteiger partial charge in [-0.25, -0.2) is 4.79 Å². The molecule has 90 valence electrons. The molecule has 0 aliphatic rings. The lowest BCUT2D eigenvalue weighted by Gasteiger charge is -2.11. The molecule has 1 aromatic heterocycles. The quantitative estimate of drug-likeness (QED) is 0.855. The first-order valence-corrected chi connectivity index (χ1v) is 4.19. The van der Waals surface area contributed by atoms with Crippen LogP contribution in [0.3, 0.4) is 0 Å². The van der Waals surface area contributed by atoms with E-state index in [4.69, 9.17) is 5.11 Å². The van der Waals surface area contributed by atoms with E-state index in [0.717, 1.165) is 0 Å². The Morgan fingerprint density at radius 3 is 2.69 bits per heavy atom. The maximum Gasteiger partial charge on any atom is 0.419 e. The second-order valence-electron chi connectivity index (χ2n) is 3.02. The predicted octanol–water partition coefficient (Wildman–Crippen LogP) is 1.17. The zero-order valence-electron chi connectivity index (χ0n) is 8.23. The van der Waals surface area contributed by atoms with Crippen LogP contribution in [-0.4, -0.2) is 34.6 Å². The summed E-state index contributed by atoms with van der Waals surface area (Å²) in [5, 5.41) is 12.1. The normalized spacial score (nSPS) is 13.8. The summed E-state index contributed by atoms with van der Waals surface area (Å²) in [7, 11) is 1.25. The molecule has 16 heavy (non-hydrogen) atoms. The van der Waals surface area contributed by atoms with Crippen LogP contribution in [-0.2, 0) is 15.7 Å². The van der Waals surface area contributed by atoms with Crippen LogP contribution in [0.25, 0.3) is 0 Å². The maximum atomic E-state index is 12.2. The van der Waals surface area contributed by atoms with Crippen molar-refractivity contribution in [3.63, 3.8) is 0 Å². The van der Waals surface area contributed by atoms with Crippen molar-refractivity contribution in [2.24, 2.45) is 0 Å². The lowest BCUT2D eigenvalue weighted by Crippen LogP contribution is -2.24. The number of carboxylic acids is 1. The van der Waals surface area contributed by atoms with Crippen molar-refractivity contribution in [1.29, 1.82) is 0 Å². The van der Waals surface area contributed by atoms with Gasteiger partial charge in [0.1, 0.15) is 0 Å². The number of hydrogen-bond donors (Lipinski definition) is 1. The summed E-state index contributed by atoms with van der Waals surface area (Å²) < 4.78 is 42.0. The predicted molar refractivity (Wildman–Crippen MR) is 45.8 cm³/mol. The molecule has 0 aliphatic heterocycles. The van der Waals surface area contributed by atoms with Gasteiger partial charge in [0, 0.05) is 13.3 Å². The van der Waals surface area contributed by atoms with Crippen molar-refractivity contribution < 1.29 is 27.8 Å². The molecule has 0 saturated carbocycles. The Morgan fingerprint density at radius 1 is 1.69 bits per heavy atom. The summed E-state index contributed by atoms with van der Waals surface area (Å²) in [5.74, 6) is -1.31. The molecule has 0 fully saturated rings. The fraction of sp³-hybridized carbons (Fsp3) is 0.500. The summed E-state index contributed by atoms with van der Waals surface area (Å²) in [6, 6.07) is -1.26. The van der Waals surface area contributed by atoms with Gasteiger partial charge in [0.2, 0.25) is 0 Å². The standard InChI is InChI=1S/C8H9F3N2O3/c1-16-4-6(7(14)15)13-3-5(2-12-13)8(9,10)11/h2-3,6H,4H2,1H3,(H,14,15). The number of halogens is 3. The maximum absolute atomic E-state index is 12.2. The molecule has 8 heteroatoms. The van der Waals surface area contributed by atoms with Crippen molar-refractivity contribution in [2.45, 2.75) is 12.2 Å². The van der Waals surface area contributed by atoms with Crippen LogP contribution in [0.1, 0.15) is 11.6 Å². The van der Waals surface area contributed by atoms with Gasteiger partial charge in [0.05, 0.1) is 18.4 Å². The largest absolute Gasteiger partial charge is 0.480 e. The smallest absolute Gasteiger partial charge is 0.419 e. The molecule has 1 atom stereocenters. The number of ether oxygens (including phenoxy) is 1. The number of methoxy groups -OCH3 is 1. The van der Waals surface area contributed by atoms with Crippen molar-refractivity contribution in [2.75, 3.05) is 13.7 Å². The number of aliphatic carboxylic acids is 1. The number of aromatic nitrogens is 2. The van der Waals surface area contributed by atoms with E-state index in [0.29, 0.717) is 17.1 Å². The van der Waals surface area contributed by atoms with Crippen LogP contribution in [0, 0.1) is 0 Å². The second kappa shape index (κ2) is 4.52. The first-order valence-electron chi connectivity index (χ1n) is 4.19. The molecule has 0 bridgehead atoms. The average molecular weight is 238 g/mol. The number of alkyl halides is 3. The second-order valence-corrected chi connectivity index (χ2v) is 3.02. The molecule has 0 saturated heterocycles. The minimum absolute atomic E-state index is 0.256. The van der Waals surface area contributed by atoms with Crippen LogP contribution in [0.4, 0.5) is 13.2 Å². The zero-order valence-corrected chi connectivity index (χ0v) is 8.23. The molecule has 0 radical (unpaired) electrons. The number of carboxylic acid groups (broad SMARTS) is 1. The summed E-state index contributed by atoms with van der Waals surface area (Å²) in [6.07, 6.45) is -3.32. The molecular formula is C8H9F3N2O3. The Morgan fingerprint density at radius 2 is 2.31 bits per heavy atom. The first kappa shape index (κ1) is 12.5. The van der Waals surface area contributed by atoms with Crippen LogP contribution in [0.2, 0.25) is 0 Å². The highest BCUT2D eigenvalue weighted by atomic mass is 19.4. The zero-order chi connectivity index (χ0) is 12.3. The van der Waals surface area contributed by atoms with Crippen LogP contribution in [0.5, 0.6) is 0 Å². The highest BCUT2D eigenvalue weighted by Gasteiger charge is 2.33. The van der Waals surface area contributed by atoms with E-state index >= 15 is 0 Å². The highest BCUT2D eigenvalue weighted by molar-refractivity contribution is 5.71. The molecule has 0 aliphatic carbocycles. The Balaban J connectivity index is 2.95. The minimum Gasteiger partial charge on any atom is -0.480 e. The fourth-order valence-corrected chi connectivity index (χ4v) is 1.07. The summed E-state index contributed by atoms with van der Waals surface area (Å²) in [4.78, 5) is 10.7. The number of nitrogens with zero attached hydrogens (tertiary/aromatic N) is 2. The van der Waals surface area contributed by atoms with Gasteiger partial charge >= 0.3 is 12.1 Å². The van der Waals surface area contributed by atoms with Crippen LogP contribution in [0.15, 0.2) is 12.4 Å². The van der Waals surface area contributed by atoms with E-state index in [-0.39, 0.29) is 6.61 Å². The molecule has 1 unspecified atom stereocenters. The van der Waals surface area contributed by atoms with E-state index in [1.165, 1.54) is 7.11 Å². The SMILES string of the molecule is COCC(C(=O)O)n1cc(C(F)(F)F)cn1. The topological polar surface area (TPSA) is 64.3 Å². The summed E-state index contributed by atoms with van der Waals surface area (Å²) >= 11 is 0. The minimum atomic E-state index is -4.53. The monoisotopic (exact) mass is 238 g/mol. The molecule has 1 heterocycles. The number of hydrogen-bond acceptors (Lipinski definition) is 3. The van der Waals surface area contributed by atoms with E-state index in [1.54, 1.807) is 0 Å². The number of rotatable bonds is 4. The van der Waals surface area contributed by atoms with Gasteiger partial charge in [-0.1, -0.05) is 0 Å². The van der Waals surface area contributed by atoms with Crippen LogP contribution >= 0.6 is 0 Å². The Bertz CT molecular complexity index is 375. The lowest BCUT2D eigenvalue weighted by atomic mass is 10.3. The first-order chi connectivity index (χ1) is 7.36. The molecule has 5 nitrogen and oxygen atoms in total.